The smallest absolute Gasteiger partial charge is 0.362 e. The van der Waals surface area contributed by atoms with Crippen molar-refractivity contribution in [2.75, 3.05) is 18.4 Å². The Morgan fingerprint density at radius 2 is 1.80 bits per heavy atom. The van der Waals surface area contributed by atoms with Crippen LogP contribution in [0.4, 0.5) is 19.0 Å². The zero-order valence-electron chi connectivity index (χ0n) is 16.2. The van der Waals surface area contributed by atoms with E-state index in [1.54, 1.807) is 29.2 Å². The fraction of sp³-hybridized carbons (Fsp3) is 0.500. The topological polar surface area (TPSA) is 50.2 Å². The molecule has 1 amide bonds. The number of hydrogen-bond donors (Lipinski definition) is 1. The largest absolute Gasteiger partial charge is 0.410 e. The van der Waals surface area contributed by atoms with Gasteiger partial charge in [0.1, 0.15) is 10.8 Å². The minimum Gasteiger partial charge on any atom is -0.362 e. The lowest BCUT2D eigenvalue weighted by Gasteiger charge is -2.33. The number of benzene rings is 1. The quantitative estimate of drug-likeness (QED) is 0.622. The van der Waals surface area contributed by atoms with Gasteiger partial charge in [-0.2, -0.15) is 18.3 Å². The molecule has 10 heteroatoms. The third-order valence-electron chi connectivity index (χ3n) is 5.84. The molecule has 2 aliphatic rings. The number of fused-ring (bicyclic) bond motifs is 1. The lowest BCUT2D eigenvalue weighted by Crippen LogP contribution is -2.38. The minimum absolute atomic E-state index is 0.0129. The molecule has 0 unspecified atom stereocenters. The summed E-state index contributed by atoms with van der Waals surface area (Å²) in [4.78, 5) is 14.5. The summed E-state index contributed by atoms with van der Waals surface area (Å²) in [6, 6.07) is 4.06. The van der Waals surface area contributed by atoms with Gasteiger partial charge >= 0.3 is 6.18 Å². The number of nitrogens with one attached hydrogen (secondary N) is 1. The number of hydrogen-bond acceptors (Lipinski definition) is 3. The van der Waals surface area contributed by atoms with Crippen molar-refractivity contribution >= 4 is 34.9 Å². The maximum Gasteiger partial charge on any atom is 0.410 e. The molecule has 0 spiro atoms. The Balaban J connectivity index is 1.69. The second-order valence-corrected chi connectivity index (χ2v) is 8.79. The van der Waals surface area contributed by atoms with E-state index in [-0.39, 0.29) is 23.0 Å². The first kappa shape index (κ1) is 21.3. The summed E-state index contributed by atoms with van der Waals surface area (Å²) in [5, 5.41) is 7.48. The van der Waals surface area contributed by atoms with Crippen LogP contribution < -0.4 is 5.32 Å². The number of anilines is 1. The number of carbonyl (C=O) groups excluding carboxylic acids is 1. The molecule has 30 heavy (non-hydrogen) atoms. The molecule has 0 radical (unpaired) electrons. The second-order valence-electron chi connectivity index (χ2n) is 7.97. The molecule has 2 aliphatic heterocycles. The molecule has 0 bridgehead atoms. The fourth-order valence-electron chi connectivity index (χ4n) is 4.00. The summed E-state index contributed by atoms with van der Waals surface area (Å²) in [5.74, 6) is 0.0922. The molecule has 2 aromatic rings. The Bertz CT molecular complexity index is 937. The lowest BCUT2D eigenvalue weighted by molar-refractivity contribution is -0.173. The molecule has 2 atom stereocenters. The van der Waals surface area contributed by atoms with Crippen LogP contribution in [0.15, 0.2) is 24.3 Å². The highest BCUT2D eigenvalue weighted by molar-refractivity contribution is 6.36. The van der Waals surface area contributed by atoms with Crippen molar-refractivity contribution in [3.63, 3.8) is 0 Å². The number of piperidine rings is 1. The predicted molar refractivity (Wildman–Crippen MR) is 109 cm³/mol. The maximum atomic E-state index is 13.9. The zero-order chi connectivity index (χ0) is 21.6. The molecular formula is C20H21Cl2F3N4O. The van der Waals surface area contributed by atoms with E-state index < -0.39 is 24.2 Å². The van der Waals surface area contributed by atoms with E-state index in [0.29, 0.717) is 29.6 Å². The van der Waals surface area contributed by atoms with Gasteiger partial charge in [0, 0.05) is 24.5 Å². The summed E-state index contributed by atoms with van der Waals surface area (Å²) in [7, 11) is 0. The van der Waals surface area contributed by atoms with Gasteiger partial charge in [-0.25, -0.2) is 4.68 Å². The van der Waals surface area contributed by atoms with Crippen LogP contribution in [0, 0.1) is 5.92 Å². The van der Waals surface area contributed by atoms with Crippen LogP contribution in [0.1, 0.15) is 54.3 Å². The first-order valence-corrected chi connectivity index (χ1v) is 10.6. The molecule has 5 nitrogen and oxygen atoms in total. The van der Waals surface area contributed by atoms with Gasteiger partial charge in [0.25, 0.3) is 5.91 Å². The molecule has 1 fully saturated rings. The fourth-order valence-corrected chi connectivity index (χ4v) is 4.39. The second kappa shape index (κ2) is 7.96. The maximum absolute atomic E-state index is 13.9. The third kappa shape index (κ3) is 3.99. The summed E-state index contributed by atoms with van der Waals surface area (Å²) in [6.07, 6.45) is -3.12. The predicted octanol–water partition coefficient (Wildman–Crippen LogP) is 5.72. The van der Waals surface area contributed by atoms with E-state index in [0.717, 1.165) is 17.5 Å². The highest BCUT2D eigenvalue weighted by Crippen LogP contribution is 2.46. The van der Waals surface area contributed by atoms with Gasteiger partial charge in [-0.05, 0) is 36.5 Å². The van der Waals surface area contributed by atoms with Gasteiger partial charge in [0.2, 0.25) is 0 Å². The van der Waals surface area contributed by atoms with Gasteiger partial charge in [-0.1, -0.05) is 42.3 Å². The van der Waals surface area contributed by atoms with E-state index >= 15 is 0 Å². The number of rotatable bonds is 2. The molecule has 1 aromatic heterocycles. The van der Waals surface area contributed by atoms with E-state index in [1.165, 1.54) is 0 Å². The number of nitrogens with zero attached hydrogens (tertiary/aromatic N) is 3. The lowest BCUT2D eigenvalue weighted by atomic mass is 9.97. The van der Waals surface area contributed by atoms with Crippen LogP contribution in [0.5, 0.6) is 0 Å². The normalized spacial score (nSPS) is 22.5. The summed E-state index contributed by atoms with van der Waals surface area (Å²) in [6.45, 7) is 3.20. The van der Waals surface area contributed by atoms with Crippen LogP contribution in [-0.2, 0) is 0 Å². The standard InChI is InChI=1S/C20H21Cl2F3N4O/c1-11-6-8-28(9-7-11)19(30)17-16(22)18-26-14(12-2-4-13(21)5-3-12)10-15(20(23,24)25)29(18)27-17/h2-5,11,14-15,26H,6-10H2,1H3/t14-,15-/m1/s1. The average molecular weight is 461 g/mol. The van der Waals surface area contributed by atoms with Crippen molar-refractivity contribution in [2.24, 2.45) is 5.92 Å². The van der Waals surface area contributed by atoms with Gasteiger partial charge < -0.3 is 10.2 Å². The van der Waals surface area contributed by atoms with Crippen LogP contribution in [0.3, 0.4) is 0 Å². The Morgan fingerprint density at radius 1 is 1.17 bits per heavy atom. The monoisotopic (exact) mass is 460 g/mol. The number of carbonyl (C=O) groups is 1. The number of amides is 1. The van der Waals surface area contributed by atoms with Crippen LogP contribution in [0.25, 0.3) is 0 Å². The molecule has 1 saturated heterocycles. The van der Waals surface area contributed by atoms with Gasteiger partial charge in [-0.3, -0.25) is 4.79 Å². The first-order valence-electron chi connectivity index (χ1n) is 9.81. The highest BCUT2D eigenvalue weighted by atomic mass is 35.5. The molecule has 1 aromatic carbocycles. The van der Waals surface area contributed by atoms with E-state index in [2.05, 4.69) is 17.3 Å². The van der Waals surface area contributed by atoms with Crippen molar-refractivity contribution in [3.8, 4) is 0 Å². The SMILES string of the molecule is CC1CCN(C(=O)c2nn3c(c2Cl)N[C@@H](c2ccc(Cl)cc2)C[C@@H]3C(F)(F)F)CC1. The molecule has 0 saturated carbocycles. The van der Waals surface area contributed by atoms with Crippen LogP contribution in [0.2, 0.25) is 10.0 Å². The Labute approximate surface area is 182 Å². The van der Waals surface area contributed by atoms with Gasteiger partial charge in [0.15, 0.2) is 11.7 Å². The van der Waals surface area contributed by atoms with E-state index in [4.69, 9.17) is 23.2 Å². The van der Waals surface area contributed by atoms with Gasteiger partial charge in [0.05, 0.1) is 6.04 Å². The Morgan fingerprint density at radius 3 is 2.40 bits per heavy atom. The van der Waals surface area contributed by atoms with Gasteiger partial charge in [-0.15, -0.1) is 0 Å². The first-order chi connectivity index (χ1) is 14.1. The average Bonchev–Trinajstić information content (AvgIpc) is 3.04. The summed E-state index contributed by atoms with van der Waals surface area (Å²) in [5.41, 5.74) is 0.509. The van der Waals surface area contributed by atoms with E-state index in [9.17, 15) is 18.0 Å². The van der Waals surface area contributed by atoms with Crippen LogP contribution >= 0.6 is 23.2 Å². The molecule has 162 valence electrons. The zero-order valence-corrected chi connectivity index (χ0v) is 17.7. The van der Waals surface area contributed by atoms with Crippen molar-refractivity contribution in [1.82, 2.24) is 14.7 Å². The van der Waals surface area contributed by atoms with Crippen molar-refractivity contribution < 1.29 is 18.0 Å². The van der Waals surface area contributed by atoms with Crippen molar-refractivity contribution in [3.05, 3.63) is 45.6 Å². The number of halogens is 5. The molecule has 1 N–H and O–H groups in total. The van der Waals surface area contributed by atoms with Crippen molar-refractivity contribution in [2.45, 2.75) is 44.4 Å². The number of alkyl halides is 3. The number of likely N-dealkylation sites (tertiary alicyclic amines) is 1. The molecule has 0 aliphatic carbocycles. The minimum atomic E-state index is -4.54. The van der Waals surface area contributed by atoms with Crippen LogP contribution in [-0.4, -0.2) is 39.9 Å². The van der Waals surface area contributed by atoms with Crippen molar-refractivity contribution in [1.29, 1.82) is 0 Å². The number of aromatic nitrogens is 2. The summed E-state index contributed by atoms with van der Waals surface area (Å²) >= 11 is 12.3. The third-order valence-corrected chi connectivity index (χ3v) is 6.45. The Kier molecular flexibility index (Phi) is 5.66. The van der Waals surface area contributed by atoms with E-state index in [1.807, 2.05) is 0 Å². The molecule has 3 heterocycles. The molecule has 4 rings (SSSR count). The highest BCUT2D eigenvalue weighted by Gasteiger charge is 2.48. The molecular weight excluding hydrogens is 440 g/mol. The Hall–Kier alpha value is -1.93. The summed E-state index contributed by atoms with van der Waals surface area (Å²) < 4.78 is 42.4.